The fraction of sp³-hybridized carbons (Fsp3) is 0.923. The lowest BCUT2D eigenvalue weighted by atomic mass is 10.2. The largest absolute Gasteiger partial charge is 0.303 e. The number of rotatable bonds is 8. The van der Waals surface area contributed by atoms with Crippen LogP contribution in [0, 0.1) is 11.3 Å². The maximum absolute atomic E-state index is 12.1. The standard InChI is InChI=1S/C13H25N3O2S/c1-2-15(9-6-8-14)10-7-13-19(17,18)16-11-4-3-5-12-16/h2-7,9-13H2,1H3. The highest BCUT2D eigenvalue weighted by Gasteiger charge is 2.23. The van der Waals surface area contributed by atoms with E-state index >= 15 is 0 Å². The van der Waals surface area contributed by atoms with Crippen LogP contribution in [0.4, 0.5) is 0 Å². The first kappa shape index (κ1) is 16.4. The Morgan fingerprint density at radius 1 is 1.21 bits per heavy atom. The van der Waals surface area contributed by atoms with Crippen LogP contribution in [-0.4, -0.2) is 56.1 Å². The van der Waals surface area contributed by atoms with E-state index < -0.39 is 10.0 Å². The molecule has 0 aromatic rings. The molecule has 0 N–H and O–H groups in total. The molecule has 0 spiro atoms. The van der Waals surface area contributed by atoms with Crippen LogP contribution in [0.1, 0.15) is 39.0 Å². The van der Waals surface area contributed by atoms with E-state index in [0.717, 1.165) is 38.9 Å². The summed E-state index contributed by atoms with van der Waals surface area (Å²) >= 11 is 0. The fourth-order valence-corrected chi connectivity index (χ4v) is 3.95. The van der Waals surface area contributed by atoms with Gasteiger partial charge >= 0.3 is 0 Å². The van der Waals surface area contributed by atoms with Crippen molar-refractivity contribution < 1.29 is 8.42 Å². The van der Waals surface area contributed by atoms with Crippen LogP contribution in [0.15, 0.2) is 0 Å². The molecule has 1 saturated heterocycles. The maximum Gasteiger partial charge on any atom is 0.214 e. The highest BCUT2D eigenvalue weighted by atomic mass is 32.2. The van der Waals surface area contributed by atoms with Crippen LogP contribution in [0.2, 0.25) is 0 Å². The molecule has 110 valence electrons. The normalized spacial score (nSPS) is 17.5. The van der Waals surface area contributed by atoms with E-state index in [4.69, 9.17) is 5.26 Å². The highest BCUT2D eigenvalue weighted by molar-refractivity contribution is 7.89. The minimum atomic E-state index is -3.07. The average molecular weight is 287 g/mol. The van der Waals surface area contributed by atoms with E-state index in [9.17, 15) is 8.42 Å². The van der Waals surface area contributed by atoms with E-state index in [1.807, 2.05) is 6.92 Å². The lowest BCUT2D eigenvalue weighted by Crippen LogP contribution is -2.38. The SMILES string of the molecule is CCN(CCC#N)CCCS(=O)(=O)N1CCCCC1. The molecule has 1 fully saturated rings. The second-order valence-electron chi connectivity index (χ2n) is 4.97. The monoisotopic (exact) mass is 287 g/mol. The topological polar surface area (TPSA) is 64.4 Å². The molecule has 19 heavy (non-hydrogen) atoms. The Morgan fingerprint density at radius 2 is 1.89 bits per heavy atom. The van der Waals surface area contributed by atoms with Gasteiger partial charge in [0.1, 0.15) is 0 Å². The van der Waals surface area contributed by atoms with Gasteiger partial charge in [-0.25, -0.2) is 12.7 Å². The van der Waals surface area contributed by atoms with E-state index in [2.05, 4.69) is 11.0 Å². The van der Waals surface area contributed by atoms with Crippen molar-refractivity contribution in [3.63, 3.8) is 0 Å². The zero-order chi connectivity index (χ0) is 14.1. The lowest BCUT2D eigenvalue weighted by molar-refractivity contribution is 0.293. The third kappa shape index (κ3) is 5.89. The van der Waals surface area contributed by atoms with Crippen LogP contribution in [0.25, 0.3) is 0 Å². The number of hydrogen-bond donors (Lipinski definition) is 0. The molecule has 0 saturated carbocycles. The molecule has 1 rings (SSSR count). The van der Waals surface area contributed by atoms with Crippen molar-refractivity contribution in [3.05, 3.63) is 0 Å². The lowest BCUT2D eigenvalue weighted by Gasteiger charge is -2.26. The quantitative estimate of drug-likeness (QED) is 0.677. The van der Waals surface area contributed by atoms with Gasteiger partial charge in [0.05, 0.1) is 11.8 Å². The molecule has 6 heteroatoms. The molecule has 0 aliphatic carbocycles. The van der Waals surface area contributed by atoms with E-state index in [-0.39, 0.29) is 5.75 Å². The van der Waals surface area contributed by atoms with Gasteiger partial charge in [0, 0.05) is 26.1 Å². The van der Waals surface area contributed by atoms with Gasteiger partial charge in [-0.3, -0.25) is 0 Å². The molecule has 0 radical (unpaired) electrons. The summed E-state index contributed by atoms with van der Waals surface area (Å²) in [5.41, 5.74) is 0. The van der Waals surface area contributed by atoms with Crippen molar-refractivity contribution in [2.45, 2.75) is 39.0 Å². The summed E-state index contributed by atoms with van der Waals surface area (Å²) in [6.07, 6.45) is 4.28. The summed E-state index contributed by atoms with van der Waals surface area (Å²) in [7, 11) is -3.07. The molecular formula is C13H25N3O2S. The molecule has 5 nitrogen and oxygen atoms in total. The predicted molar refractivity (Wildman–Crippen MR) is 76.2 cm³/mol. The number of nitrogens with zero attached hydrogens (tertiary/aromatic N) is 3. The van der Waals surface area contributed by atoms with Crippen molar-refractivity contribution in [1.82, 2.24) is 9.21 Å². The highest BCUT2D eigenvalue weighted by Crippen LogP contribution is 2.14. The van der Waals surface area contributed by atoms with E-state index in [0.29, 0.717) is 25.9 Å². The zero-order valence-electron chi connectivity index (χ0n) is 11.8. The molecule has 1 heterocycles. The summed E-state index contributed by atoms with van der Waals surface area (Å²) in [5, 5.41) is 8.56. The minimum Gasteiger partial charge on any atom is -0.303 e. The molecular weight excluding hydrogens is 262 g/mol. The molecule has 0 aromatic carbocycles. The number of sulfonamides is 1. The van der Waals surface area contributed by atoms with Crippen molar-refractivity contribution in [1.29, 1.82) is 5.26 Å². The van der Waals surface area contributed by atoms with Crippen molar-refractivity contribution in [2.24, 2.45) is 0 Å². The number of hydrogen-bond acceptors (Lipinski definition) is 4. The van der Waals surface area contributed by atoms with Gasteiger partial charge in [-0.05, 0) is 32.4 Å². The zero-order valence-corrected chi connectivity index (χ0v) is 12.7. The second kappa shape index (κ2) is 8.51. The van der Waals surface area contributed by atoms with E-state index in [1.54, 1.807) is 4.31 Å². The number of piperidine rings is 1. The fourth-order valence-electron chi connectivity index (χ4n) is 2.38. The van der Waals surface area contributed by atoms with E-state index in [1.165, 1.54) is 0 Å². The Labute approximate surface area is 117 Å². The van der Waals surface area contributed by atoms with Gasteiger partial charge < -0.3 is 4.90 Å². The van der Waals surface area contributed by atoms with Crippen LogP contribution in [-0.2, 0) is 10.0 Å². The molecule has 0 aromatic heterocycles. The summed E-state index contributed by atoms with van der Waals surface area (Å²) < 4.78 is 25.9. The third-order valence-electron chi connectivity index (χ3n) is 3.57. The third-order valence-corrected chi connectivity index (χ3v) is 5.53. The Bertz CT molecular complexity index is 383. The first-order valence-electron chi connectivity index (χ1n) is 7.17. The van der Waals surface area contributed by atoms with Gasteiger partial charge in [-0.2, -0.15) is 5.26 Å². The average Bonchev–Trinajstić information content (AvgIpc) is 2.43. The van der Waals surface area contributed by atoms with Crippen molar-refractivity contribution in [2.75, 3.05) is 38.5 Å². The van der Waals surface area contributed by atoms with Crippen LogP contribution >= 0.6 is 0 Å². The molecule has 0 unspecified atom stereocenters. The summed E-state index contributed by atoms with van der Waals surface area (Å²) in [6, 6.07) is 2.12. The summed E-state index contributed by atoms with van der Waals surface area (Å²) in [6.45, 7) is 5.77. The van der Waals surface area contributed by atoms with Gasteiger partial charge in [-0.1, -0.05) is 13.3 Å². The Hall–Kier alpha value is -0.640. The second-order valence-corrected chi connectivity index (χ2v) is 7.06. The van der Waals surface area contributed by atoms with Gasteiger partial charge in [-0.15, -0.1) is 0 Å². The molecule has 0 atom stereocenters. The van der Waals surface area contributed by atoms with Crippen molar-refractivity contribution in [3.8, 4) is 6.07 Å². The predicted octanol–water partition coefficient (Wildman–Crippen LogP) is 1.43. The van der Waals surface area contributed by atoms with Crippen LogP contribution < -0.4 is 0 Å². The Kier molecular flexibility index (Phi) is 7.36. The molecule has 1 aliphatic heterocycles. The van der Waals surface area contributed by atoms with Gasteiger partial charge in [0.2, 0.25) is 10.0 Å². The first-order valence-corrected chi connectivity index (χ1v) is 8.78. The molecule has 1 aliphatic rings. The maximum atomic E-state index is 12.1. The van der Waals surface area contributed by atoms with Crippen LogP contribution in [0.5, 0.6) is 0 Å². The Morgan fingerprint density at radius 3 is 2.47 bits per heavy atom. The first-order chi connectivity index (χ1) is 9.10. The molecule has 0 amide bonds. The minimum absolute atomic E-state index is 0.232. The van der Waals surface area contributed by atoms with Gasteiger partial charge in [0.15, 0.2) is 0 Å². The summed E-state index contributed by atoms with van der Waals surface area (Å²) in [4.78, 5) is 2.13. The number of nitriles is 1. The van der Waals surface area contributed by atoms with Crippen LogP contribution in [0.3, 0.4) is 0 Å². The van der Waals surface area contributed by atoms with Crippen molar-refractivity contribution >= 4 is 10.0 Å². The Balaban J connectivity index is 2.32. The summed E-state index contributed by atoms with van der Waals surface area (Å²) in [5.74, 6) is 0.232. The smallest absolute Gasteiger partial charge is 0.214 e. The van der Waals surface area contributed by atoms with Gasteiger partial charge in [0.25, 0.3) is 0 Å². The molecule has 0 bridgehead atoms.